The van der Waals surface area contributed by atoms with Crippen molar-refractivity contribution < 1.29 is 4.79 Å². The first-order valence-corrected chi connectivity index (χ1v) is 29.6. The van der Waals surface area contributed by atoms with Crippen LogP contribution in [0.3, 0.4) is 0 Å². The normalized spacial score (nSPS) is 14.7. The third-order valence-corrected chi connectivity index (χ3v) is 19.0. The summed E-state index contributed by atoms with van der Waals surface area (Å²) < 4.78 is 0. The number of carbonyl (C=O) groups is 1. The van der Waals surface area contributed by atoms with Crippen LogP contribution in [0.1, 0.15) is 206 Å². The maximum absolute atomic E-state index is 12.3. The highest BCUT2D eigenvalue weighted by Crippen LogP contribution is 2.60. The number of benzene rings is 6. The lowest BCUT2D eigenvalue weighted by Crippen LogP contribution is -2.27. The number of unbranched alkanes of at least 4 members (excludes halogenated alkanes) is 6. The number of thiophene rings is 1. The number of rotatable bonds is 24. The second-order valence-corrected chi connectivity index (χ2v) is 23.3. The van der Waals surface area contributed by atoms with E-state index >= 15 is 0 Å². The molecule has 0 atom stereocenters. The van der Waals surface area contributed by atoms with E-state index in [0.717, 1.165) is 86.5 Å². The van der Waals surface area contributed by atoms with Gasteiger partial charge in [0.1, 0.15) is 0 Å². The number of nitriles is 1. The van der Waals surface area contributed by atoms with Gasteiger partial charge < -0.3 is 4.90 Å². The van der Waals surface area contributed by atoms with Crippen molar-refractivity contribution in [1.82, 2.24) is 0 Å². The van der Waals surface area contributed by atoms with Gasteiger partial charge in [0.15, 0.2) is 6.29 Å². The monoisotopic (exact) mass is 995 g/mol. The summed E-state index contributed by atoms with van der Waals surface area (Å²) in [5, 5.41) is 9.65. The first-order valence-electron chi connectivity index (χ1n) is 28.8. The molecule has 4 heteroatoms. The Hall–Kier alpha value is -6.02. The van der Waals surface area contributed by atoms with Gasteiger partial charge in [-0.25, -0.2) is 0 Å². The van der Waals surface area contributed by atoms with Crippen LogP contribution < -0.4 is 4.90 Å². The van der Waals surface area contributed by atoms with Crippen LogP contribution in [0.4, 0.5) is 17.1 Å². The van der Waals surface area contributed by atoms with Crippen LogP contribution in [-0.2, 0) is 22.7 Å². The molecule has 0 radical (unpaired) electrons. The highest BCUT2D eigenvalue weighted by Gasteiger charge is 2.46. The van der Waals surface area contributed by atoms with Crippen molar-refractivity contribution in [1.29, 1.82) is 5.26 Å². The molecule has 0 bridgehead atoms. The fourth-order valence-corrected chi connectivity index (χ4v) is 15.2. The molecule has 3 aliphatic carbocycles. The molecule has 1 heterocycles. The average Bonchev–Trinajstić information content (AvgIpc) is 4.14. The van der Waals surface area contributed by atoms with Gasteiger partial charge in [-0.1, -0.05) is 197 Å². The van der Waals surface area contributed by atoms with Gasteiger partial charge in [-0.3, -0.25) is 4.79 Å². The number of hydrogen-bond donors (Lipinski definition) is 0. The molecule has 1 aromatic heterocycles. The number of fused-ring (bicyclic) bond motifs is 9. The van der Waals surface area contributed by atoms with Crippen molar-refractivity contribution in [3.63, 3.8) is 0 Å². The summed E-state index contributed by atoms with van der Waals surface area (Å²) in [5.41, 5.74) is 22.6. The molecule has 7 aromatic rings. The number of nitrogens with zero attached hydrogens (tertiary/aromatic N) is 2. The molecule has 0 N–H and O–H groups in total. The Kier molecular flexibility index (Phi) is 15.3. The van der Waals surface area contributed by atoms with Crippen LogP contribution in [0, 0.1) is 11.3 Å². The Morgan fingerprint density at radius 2 is 0.797 bits per heavy atom. The minimum Gasteiger partial charge on any atom is -0.310 e. The fraction of sp³-hybridized carbons (Fsp3) is 0.400. The molecule has 3 nitrogen and oxygen atoms in total. The SMILES string of the molecule is CCCCC1(CCCC)c2ccccc2-c2ccc(N(c3ccc4c(c3)C(CCCC)(CCCC)c3ccccc3-4)c3ccc4c(c3)C(CCCC)(CCCC)c3cc(-c5cc(CC#N)c(C=O)s5)ccc3-4)cc21. The molecule has 0 fully saturated rings. The minimum atomic E-state index is -0.182. The Morgan fingerprint density at radius 1 is 0.446 bits per heavy atom. The first kappa shape index (κ1) is 51.5. The summed E-state index contributed by atoms with van der Waals surface area (Å²) in [6.45, 7) is 14.1. The lowest BCUT2D eigenvalue weighted by Gasteiger charge is -2.36. The van der Waals surface area contributed by atoms with Crippen molar-refractivity contribution in [2.75, 3.05) is 4.90 Å². The lowest BCUT2D eigenvalue weighted by molar-refractivity contribution is 0.112. The summed E-state index contributed by atoms with van der Waals surface area (Å²) in [7, 11) is 0. The van der Waals surface area contributed by atoms with Crippen molar-refractivity contribution in [3.05, 3.63) is 171 Å². The molecule has 0 amide bonds. The van der Waals surface area contributed by atoms with E-state index in [-0.39, 0.29) is 22.7 Å². The molecule has 0 saturated carbocycles. The number of aldehydes is 1. The molecule has 0 spiro atoms. The van der Waals surface area contributed by atoms with Gasteiger partial charge >= 0.3 is 0 Å². The zero-order valence-corrected chi connectivity index (χ0v) is 46.2. The summed E-state index contributed by atoms with van der Waals surface area (Å²) in [6, 6.07) is 52.8. The summed E-state index contributed by atoms with van der Waals surface area (Å²) in [6.07, 6.45) is 22.0. The highest BCUT2D eigenvalue weighted by atomic mass is 32.1. The molecular weight excluding hydrogens is 917 g/mol. The van der Waals surface area contributed by atoms with Crippen molar-refractivity contribution >= 4 is 34.7 Å². The molecule has 0 unspecified atom stereocenters. The van der Waals surface area contributed by atoms with Gasteiger partial charge in [0, 0.05) is 38.2 Å². The van der Waals surface area contributed by atoms with E-state index in [1.165, 1.54) is 147 Å². The van der Waals surface area contributed by atoms with Gasteiger partial charge in [-0.2, -0.15) is 5.26 Å². The van der Waals surface area contributed by atoms with E-state index in [1.807, 2.05) is 0 Å². The molecule has 3 aliphatic rings. The van der Waals surface area contributed by atoms with E-state index in [0.29, 0.717) is 4.88 Å². The van der Waals surface area contributed by atoms with E-state index < -0.39 is 0 Å². The number of hydrogen-bond acceptors (Lipinski definition) is 4. The summed E-state index contributed by atoms with van der Waals surface area (Å²) in [4.78, 5) is 16.6. The zero-order chi connectivity index (χ0) is 51.5. The molecule has 380 valence electrons. The molecule has 74 heavy (non-hydrogen) atoms. The summed E-state index contributed by atoms with van der Waals surface area (Å²) >= 11 is 1.52. The van der Waals surface area contributed by atoms with Gasteiger partial charge in [0.25, 0.3) is 0 Å². The van der Waals surface area contributed by atoms with Crippen LogP contribution in [0.2, 0.25) is 0 Å². The Morgan fingerprint density at radius 3 is 1.18 bits per heavy atom. The van der Waals surface area contributed by atoms with E-state index in [1.54, 1.807) is 0 Å². The average molecular weight is 995 g/mol. The zero-order valence-electron chi connectivity index (χ0n) is 45.3. The van der Waals surface area contributed by atoms with Crippen molar-refractivity contribution in [2.45, 2.75) is 180 Å². The Bertz CT molecular complexity index is 3050. The smallest absolute Gasteiger partial charge is 0.160 e. The van der Waals surface area contributed by atoms with Crippen LogP contribution in [-0.4, -0.2) is 6.29 Å². The van der Waals surface area contributed by atoms with E-state index in [4.69, 9.17) is 0 Å². The third-order valence-electron chi connectivity index (χ3n) is 17.9. The highest BCUT2D eigenvalue weighted by molar-refractivity contribution is 7.17. The number of carbonyl (C=O) groups excluding carboxylic acids is 1. The topological polar surface area (TPSA) is 44.1 Å². The van der Waals surface area contributed by atoms with E-state index in [2.05, 4.69) is 180 Å². The minimum absolute atomic E-state index is 0.0359. The molecule has 0 aliphatic heterocycles. The van der Waals surface area contributed by atoms with Crippen LogP contribution in [0.15, 0.2) is 127 Å². The predicted octanol–water partition coefficient (Wildman–Crippen LogP) is 20.7. The van der Waals surface area contributed by atoms with Gasteiger partial charge in [-0.15, -0.1) is 11.3 Å². The first-order chi connectivity index (χ1) is 36.3. The van der Waals surface area contributed by atoms with Crippen LogP contribution in [0.5, 0.6) is 0 Å². The van der Waals surface area contributed by atoms with Gasteiger partial charge in [0.2, 0.25) is 0 Å². The second-order valence-electron chi connectivity index (χ2n) is 22.2. The quantitative estimate of drug-likeness (QED) is 0.0567. The number of anilines is 3. The Labute approximate surface area is 448 Å². The second kappa shape index (κ2) is 22.1. The standard InChI is InChI=1S/C70H78N2OS/c1-7-13-36-68(37-14-8-2)60-25-21-19-23-54(60)57-32-28-51(45-63(57)68)72(52-29-33-58-55-24-20-22-26-61(55)69(38-15-9-3,39-16-10-4)64(58)46-52)53-30-34-59-56-31-27-49(66-44-50(35-42-71)67(48-73)74-66)43-62(56)70(40-17-11-5,41-18-12-6)65(59)47-53/h19-34,43-48H,7-18,35-41H2,1-6H3. The predicted molar refractivity (Wildman–Crippen MR) is 315 cm³/mol. The molecular formula is C70H78N2OS. The van der Waals surface area contributed by atoms with Crippen molar-refractivity contribution in [2.24, 2.45) is 0 Å². The molecule has 0 saturated heterocycles. The molecule has 10 rings (SSSR count). The van der Waals surface area contributed by atoms with Gasteiger partial charge in [-0.05, 0) is 165 Å². The fourth-order valence-electron chi connectivity index (χ4n) is 14.2. The Balaban J connectivity index is 1.21. The summed E-state index contributed by atoms with van der Waals surface area (Å²) in [5.74, 6) is 0. The third kappa shape index (κ3) is 8.70. The van der Waals surface area contributed by atoms with Crippen molar-refractivity contribution in [3.8, 4) is 49.9 Å². The van der Waals surface area contributed by atoms with Crippen LogP contribution in [0.25, 0.3) is 43.8 Å². The molecule has 6 aromatic carbocycles. The van der Waals surface area contributed by atoms with Gasteiger partial charge in [0.05, 0.1) is 17.4 Å². The largest absolute Gasteiger partial charge is 0.310 e. The maximum atomic E-state index is 12.3. The van der Waals surface area contributed by atoms with E-state index in [9.17, 15) is 10.1 Å². The lowest BCUT2D eigenvalue weighted by atomic mass is 9.70. The van der Waals surface area contributed by atoms with Crippen LogP contribution >= 0.6 is 11.3 Å². The maximum Gasteiger partial charge on any atom is 0.160 e.